The smallest absolute Gasteiger partial charge is 0.344 e. The molecule has 1 N–H and O–H groups in total. The maximum absolute atomic E-state index is 11.6. The van der Waals surface area contributed by atoms with Gasteiger partial charge in [-0.1, -0.05) is 16.9 Å². The molecular formula is C10H18N4O3S2. The third-order valence-corrected chi connectivity index (χ3v) is 4.06. The third-order valence-electron chi connectivity index (χ3n) is 2.08. The van der Waals surface area contributed by atoms with Crippen LogP contribution in [0, 0.1) is 0 Å². The van der Waals surface area contributed by atoms with Gasteiger partial charge in [-0.3, -0.25) is 9.63 Å². The number of carbonyl (C=O) groups is 2. The Morgan fingerprint density at radius 2 is 2.11 bits per heavy atom. The molecule has 1 fully saturated rings. The highest BCUT2D eigenvalue weighted by molar-refractivity contribution is 8.14. The molecule has 1 heterocycles. The summed E-state index contributed by atoms with van der Waals surface area (Å²) >= 11 is 2.47. The van der Waals surface area contributed by atoms with E-state index in [9.17, 15) is 9.59 Å². The van der Waals surface area contributed by atoms with Crippen molar-refractivity contribution in [3.63, 3.8) is 0 Å². The summed E-state index contributed by atoms with van der Waals surface area (Å²) in [6.45, 7) is 3.62. The molecule has 0 radical (unpaired) electrons. The largest absolute Gasteiger partial charge is 0.446 e. The SMILES string of the molecule is CN(C)SN(C)C(=O)ON=C1SCC(=O)NC1(C)C. The number of hydrogen-bond acceptors (Lipinski definition) is 7. The van der Waals surface area contributed by atoms with Gasteiger partial charge in [0.15, 0.2) is 0 Å². The molecule has 9 heteroatoms. The van der Waals surface area contributed by atoms with Gasteiger partial charge >= 0.3 is 6.09 Å². The molecule has 1 aliphatic rings. The molecule has 0 atom stereocenters. The van der Waals surface area contributed by atoms with Gasteiger partial charge in [-0.2, -0.15) is 0 Å². The molecule has 1 aliphatic heterocycles. The molecule has 0 spiro atoms. The van der Waals surface area contributed by atoms with E-state index in [1.54, 1.807) is 11.4 Å². The number of nitrogens with zero attached hydrogens (tertiary/aromatic N) is 3. The summed E-state index contributed by atoms with van der Waals surface area (Å²) in [6.07, 6.45) is -0.570. The van der Waals surface area contributed by atoms with E-state index in [1.165, 1.54) is 28.2 Å². The highest BCUT2D eigenvalue weighted by Crippen LogP contribution is 2.22. The van der Waals surface area contributed by atoms with Crippen LogP contribution >= 0.6 is 23.9 Å². The van der Waals surface area contributed by atoms with Crippen LogP contribution in [0.1, 0.15) is 13.8 Å². The van der Waals surface area contributed by atoms with Crippen LogP contribution in [0.2, 0.25) is 0 Å². The van der Waals surface area contributed by atoms with E-state index < -0.39 is 11.6 Å². The molecule has 0 unspecified atom stereocenters. The van der Waals surface area contributed by atoms with Crippen LogP contribution < -0.4 is 5.32 Å². The minimum absolute atomic E-state index is 0.0550. The Balaban J connectivity index is 2.60. The van der Waals surface area contributed by atoms with E-state index in [-0.39, 0.29) is 11.7 Å². The number of thioether (sulfide) groups is 1. The summed E-state index contributed by atoms with van der Waals surface area (Å²) in [7, 11) is 5.22. The van der Waals surface area contributed by atoms with Crippen molar-refractivity contribution < 1.29 is 14.4 Å². The zero-order chi connectivity index (χ0) is 14.6. The van der Waals surface area contributed by atoms with Crippen molar-refractivity contribution in [1.29, 1.82) is 0 Å². The fourth-order valence-corrected chi connectivity index (χ4v) is 2.74. The van der Waals surface area contributed by atoms with Gasteiger partial charge < -0.3 is 5.32 Å². The van der Waals surface area contributed by atoms with Crippen molar-refractivity contribution in [3.05, 3.63) is 0 Å². The number of oxime groups is 1. The molecule has 2 amide bonds. The van der Waals surface area contributed by atoms with E-state index in [0.29, 0.717) is 5.04 Å². The molecule has 1 saturated heterocycles. The molecule has 0 aromatic carbocycles. The highest BCUT2D eigenvalue weighted by atomic mass is 32.2. The summed E-state index contributed by atoms with van der Waals surface area (Å²) in [5, 5.41) is 7.20. The Labute approximate surface area is 121 Å². The highest BCUT2D eigenvalue weighted by Gasteiger charge is 2.33. The fourth-order valence-electron chi connectivity index (χ4n) is 1.31. The van der Waals surface area contributed by atoms with Crippen LogP contribution in [0.4, 0.5) is 4.79 Å². The lowest BCUT2D eigenvalue weighted by molar-refractivity contribution is -0.119. The summed E-state index contributed by atoms with van der Waals surface area (Å²) in [5.41, 5.74) is -0.618. The molecule has 1 rings (SSSR count). The van der Waals surface area contributed by atoms with E-state index in [2.05, 4.69) is 10.5 Å². The van der Waals surface area contributed by atoms with Gasteiger partial charge in [0.2, 0.25) is 5.91 Å². The van der Waals surface area contributed by atoms with Gasteiger partial charge in [-0.05, 0) is 27.9 Å². The molecule has 0 bridgehead atoms. The Kier molecular flexibility index (Phi) is 5.50. The van der Waals surface area contributed by atoms with E-state index in [0.717, 1.165) is 0 Å². The maximum atomic E-state index is 11.6. The molecule has 0 aliphatic carbocycles. The number of nitrogens with one attached hydrogen (secondary N) is 1. The van der Waals surface area contributed by atoms with Crippen molar-refractivity contribution in [2.45, 2.75) is 19.4 Å². The summed E-state index contributed by atoms with van der Waals surface area (Å²) < 4.78 is 3.08. The quantitative estimate of drug-likeness (QED) is 0.479. The van der Waals surface area contributed by atoms with E-state index >= 15 is 0 Å². The molecular weight excluding hydrogens is 288 g/mol. The topological polar surface area (TPSA) is 74.2 Å². The average Bonchev–Trinajstić information content (AvgIpc) is 2.25. The van der Waals surface area contributed by atoms with E-state index in [1.807, 2.05) is 27.9 Å². The monoisotopic (exact) mass is 306 g/mol. The number of hydrogen-bond donors (Lipinski definition) is 1. The number of carbonyl (C=O) groups excluding carboxylic acids is 2. The lowest BCUT2D eigenvalue weighted by Crippen LogP contribution is -2.53. The molecule has 0 saturated carbocycles. The van der Waals surface area contributed by atoms with Gasteiger partial charge in [0.1, 0.15) is 5.04 Å². The normalized spacial score (nSPS) is 20.3. The van der Waals surface area contributed by atoms with Crippen LogP contribution in [0.5, 0.6) is 0 Å². The second-order valence-electron chi connectivity index (χ2n) is 4.61. The number of amides is 2. The summed E-state index contributed by atoms with van der Waals surface area (Å²) in [4.78, 5) is 27.8. The summed E-state index contributed by atoms with van der Waals surface area (Å²) in [6, 6.07) is 0. The third kappa shape index (κ3) is 4.92. The average molecular weight is 306 g/mol. The summed E-state index contributed by atoms with van der Waals surface area (Å²) in [5.74, 6) is 0.225. The van der Waals surface area contributed by atoms with Crippen molar-refractivity contribution in [2.75, 3.05) is 26.9 Å². The van der Waals surface area contributed by atoms with Crippen LogP contribution in [0.25, 0.3) is 0 Å². The number of rotatable bonds is 3. The Morgan fingerprint density at radius 3 is 2.63 bits per heavy atom. The second kappa shape index (κ2) is 6.49. The maximum Gasteiger partial charge on any atom is 0.446 e. The Morgan fingerprint density at radius 1 is 1.47 bits per heavy atom. The van der Waals surface area contributed by atoms with Crippen LogP contribution in [-0.2, 0) is 9.63 Å². The molecule has 0 aromatic rings. The first-order valence-electron chi connectivity index (χ1n) is 5.55. The second-order valence-corrected chi connectivity index (χ2v) is 7.01. The zero-order valence-corrected chi connectivity index (χ0v) is 13.2. The van der Waals surface area contributed by atoms with Crippen molar-refractivity contribution in [1.82, 2.24) is 13.9 Å². The predicted octanol–water partition coefficient (Wildman–Crippen LogP) is 1.13. The Bertz CT molecular complexity index is 398. The molecule has 108 valence electrons. The van der Waals surface area contributed by atoms with Crippen LogP contribution in [0.3, 0.4) is 0 Å². The first-order chi connectivity index (χ1) is 8.72. The molecule has 7 nitrogen and oxygen atoms in total. The minimum atomic E-state index is -0.618. The minimum Gasteiger partial charge on any atom is -0.344 e. The standard InChI is InChI=1S/C10H18N4O3S2/c1-10(2)8(18-6-7(15)11-10)12-17-9(16)14(5)19-13(3)4/h6H2,1-5H3,(H,11,15). The van der Waals surface area contributed by atoms with Gasteiger partial charge in [0.05, 0.1) is 11.3 Å². The van der Waals surface area contributed by atoms with Gasteiger partial charge in [-0.15, -0.1) is 0 Å². The van der Waals surface area contributed by atoms with Gasteiger partial charge in [0.25, 0.3) is 0 Å². The van der Waals surface area contributed by atoms with Crippen LogP contribution in [0.15, 0.2) is 5.16 Å². The lowest BCUT2D eigenvalue weighted by atomic mass is 10.1. The lowest BCUT2D eigenvalue weighted by Gasteiger charge is -2.30. The van der Waals surface area contributed by atoms with E-state index in [4.69, 9.17) is 4.84 Å². The molecule has 19 heavy (non-hydrogen) atoms. The van der Waals surface area contributed by atoms with Gasteiger partial charge in [-0.25, -0.2) is 13.4 Å². The first-order valence-corrected chi connectivity index (χ1v) is 7.26. The first kappa shape index (κ1) is 16.1. The van der Waals surface area contributed by atoms with Gasteiger partial charge in [0, 0.05) is 19.2 Å². The van der Waals surface area contributed by atoms with Crippen molar-refractivity contribution in [2.24, 2.45) is 5.16 Å². The van der Waals surface area contributed by atoms with Crippen molar-refractivity contribution >= 4 is 40.9 Å². The predicted molar refractivity (Wildman–Crippen MR) is 77.6 cm³/mol. The molecule has 0 aromatic heterocycles. The zero-order valence-electron chi connectivity index (χ0n) is 11.6. The fraction of sp³-hybridized carbons (Fsp3) is 0.700. The van der Waals surface area contributed by atoms with Crippen LogP contribution in [-0.4, -0.2) is 58.1 Å². The Hall–Kier alpha value is -0.930. The van der Waals surface area contributed by atoms with Crippen molar-refractivity contribution in [3.8, 4) is 0 Å².